The van der Waals surface area contributed by atoms with Crippen molar-refractivity contribution in [1.82, 2.24) is 5.43 Å². The molecule has 20 heavy (non-hydrogen) atoms. The summed E-state index contributed by atoms with van der Waals surface area (Å²) in [5, 5.41) is 3.73. The summed E-state index contributed by atoms with van der Waals surface area (Å²) in [6.45, 7) is 0. The highest BCUT2D eigenvalue weighted by Gasteiger charge is 2.04. The van der Waals surface area contributed by atoms with E-state index in [2.05, 4.69) is 26.5 Å². The summed E-state index contributed by atoms with van der Waals surface area (Å²) in [5.74, 6) is -0.810. The standard InChI is InChI=1S/C14H11BrFN3O/c15-11-3-6-13(16)10(7-11)8-18-19-14(20)9-1-4-12(17)5-2-9/h1-8H,17H2,(H,19,20)/b18-8+. The number of hydrogen-bond acceptors (Lipinski definition) is 3. The Morgan fingerprint density at radius 2 is 1.95 bits per heavy atom. The highest BCUT2D eigenvalue weighted by Crippen LogP contribution is 2.13. The fourth-order valence-electron chi connectivity index (χ4n) is 1.47. The molecule has 0 spiro atoms. The van der Waals surface area contributed by atoms with E-state index in [9.17, 15) is 9.18 Å². The van der Waals surface area contributed by atoms with E-state index in [1.807, 2.05) is 0 Å². The molecule has 0 radical (unpaired) electrons. The van der Waals surface area contributed by atoms with Gasteiger partial charge in [0.1, 0.15) is 5.82 Å². The summed E-state index contributed by atoms with van der Waals surface area (Å²) in [5.41, 5.74) is 9.12. The fraction of sp³-hybridized carbons (Fsp3) is 0. The smallest absolute Gasteiger partial charge is 0.271 e. The lowest BCUT2D eigenvalue weighted by Crippen LogP contribution is -2.17. The number of nitrogens with one attached hydrogen (secondary N) is 1. The summed E-state index contributed by atoms with van der Waals surface area (Å²) in [7, 11) is 0. The van der Waals surface area contributed by atoms with Gasteiger partial charge in [-0.25, -0.2) is 9.82 Å². The third kappa shape index (κ3) is 3.64. The molecule has 2 rings (SSSR count). The molecule has 0 fully saturated rings. The maximum atomic E-state index is 13.4. The molecular weight excluding hydrogens is 325 g/mol. The van der Waals surface area contributed by atoms with Gasteiger partial charge in [-0.2, -0.15) is 5.10 Å². The zero-order valence-corrected chi connectivity index (χ0v) is 11.9. The van der Waals surface area contributed by atoms with Gasteiger partial charge in [0.2, 0.25) is 0 Å². The Labute approximate surface area is 123 Å². The highest BCUT2D eigenvalue weighted by molar-refractivity contribution is 9.10. The second-order valence-corrected chi connectivity index (χ2v) is 4.90. The number of benzene rings is 2. The van der Waals surface area contributed by atoms with Crippen LogP contribution in [0.4, 0.5) is 10.1 Å². The zero-order valence-electron chi connectivity index (χ0n) is 10.3. The molecule has 4 nitrogen and oxygen atoms in total. The van der Waals surface area contributed by atoms with Crippen molar-refractivity contribution < 1.29 is 9.18 Å². The molecular formula is C14H11BrFN3O. The third-order valence-corrected chi connectivity index (χ3v) is 2.99. The van der Waals surface area contributed by atoms with Crippen LogP contribution in [0.1, 0.15) is 15.9 Å². The van der Waals surface area contributed by atoms with E-state index in [0.29, 0.717) is 11.3 Å². The Hall–Kier alpha value is -2.21. The Bertz CT molecular complexity index is 656. The lowest BCUT2D eigenvalue weighted by Gasteiger charge is -2.01. The number of nitrogens with zero attached hydrogens (tertiary/aromatic N) is 1. The minimum absolute atomic E-state index is 0.275. The average Bonchev–Trinajstić information content (AvgIpc) is 2.43. The molecule has 1 amide bonds. The van der Waals surface area contributed by atoms with Gasteiger partial charge in [-0.05, 0) is 42.5 Å². The second-order valence-electron chi connectivity index (χ2n) is 3.99. The predicted octanol–water partition coefficient (Wildman–Crippen LogP) is 2.93. The number of hydrazone groups is 1. The molecule has 102 valence electrons. The Morgan fingerprint density at radius 3 is 2.65 bits per heavy atom. The van der Waals surface area contributed by atoms with E-state index in [1.54, 1.807) is 36.4 Å². The second kappa shape index (κ2) is 6.29. The molecule has 0 aliphatic carbocycles. The first kappa shape index (κ1) is 14.2. The van der Waals surface area contributed by atoms with Crippen LogP contribution in [0.5, 0.6) is 0 Å². The number of nitrogens with two attached hydrogens (primary N) is 1. The summed E-state index contributed by atoms with van der Waals surface area (Å²) in [4.78, 5) is 11.7. The Morgan fingerprint density at radius 1 is 1.25 bits per heavy atom. The first-order valence-electron chi connectivity index (χ1n) is 5.70. The van der Waals surface area contributed by atoms with Gasteiger partial charge in [0, 0.05) is 21.3 Å². The molecule has 3 N–H and O–H groups in total. The van der Waals surface area contributed by atoms with E-state index >= 15 is 0 Å². The highest BCUT2D eigenvalue weighted by atomic mass is 79.9. The van der Waals surface area contributed by atoms with Crippen LogP contribution < -0.4 is 11.2 Å². The first-order valence-corrected chi connectivity index (χ1v) is 6.49. The monoisotopic (exact) mass is 335 g/mol. The van der Waals surface area contributed by atoms with E-state index in [1.165, 1.54) is 12.3 Å². The third-order valence-electron chi connectivity index (χ3n) is 2.50. The van der Waals surface area contributed by atoms with E-state index in [4.69, 9.17) is 5.73 Å². The summed E-state index contributed by atoms with van der Waals surface area (Å²) in [6, 6.07) is 10.9. The SMILES string of the molecule is Nc1ccc(C(=O)N/N=C/c2cc(Br)ccc2F)cc1. The average molecular weight is 336 g/mol. The molecule has 2 aromatic carbocycles. The van der Waals surface area contributed by atoms with Gasteiger partial charge in [-0.1, -0.05) is 15.9 Å². The summed E-state index contributed by atoms with van der Waals surface area (Å²) in [6.07, 6.45) is 1.25. The minimum Gasteiger partial charge on any atom is -0.399 e. The van der Waals surface area contributed by atoms with Gasteiger partial charge >= 0.3 is 0 Å². The van der Waals surface area contributed by atoms with Crippen molar-refractivity contribution >= 4 is 33.7 Å². The molecule has 2 aromatic rings. The van der Waals surface area contributed by atoms with Gasteiger partial charge in [0.25, 0.3) is 5.91 Å². The van der Waals surface area contributed by atoms with Crippen molar-refractivity contribution in [3.63, 3.8) is 0 Å². The van der Waals surface area contributed by atoms with Crippen LogP contribution in [0.15, 0.2) is 52.0 Å². The van der Waals surface area contributed by atoms with Gasteiger partial charge in [0.05, 0.1) is 6.21 Å². The van der Waals surface area contributed by atoms with Crippen LogP contribution >= 0.6 is 15.9 Å². The maximum Gasteiger partial charge on any atom is 0.271 e. The van der Waals surface area contributed by atoms with E-state index in [0.717, 1.165) is 4.47 Å². The number of hydrogen-bond donors (Lipinski definition) is 2. The predicted molar refractivity (Wildman–Crippen MR) is 80.0 cm³/mol. The topological polar surface area (TPSA) is 67.5 Å². The van der Waals surface area contributed by atoms with Crippen molar-refractivity contribution in [3.8, 4) is 0 Å². The van der Waals surface area contributed by atoms with E-state index < -0.39 is 11.7 Å². The van der Waals surface area contributed by atoms with Gasteiger partial charge in [0.15, 0.2) is 0 Å². The number of halogens is 2. The van der Waals surface area contributed by atoms with Gasteiger partial charge < -0.3 is 5.73 Å². The number of rotatable bonds is 3. The molecule has 0 atom stereocenters. The lowest BCUT2D eigenvalue weighted by atomic mass is 10.2. The van der Waals surface area contributed by atoms with Crippen molar-refractivity contribution in [1.29, 1.82) is 0 Å². The normalized spacial score (nSPS) is 10.7. The van der Waals surface area contributed by atoms with Crippen LogP contribution in [-0.4, -0.2) is 12.1 Å². The molecule has 0 aliphatic heterocycles. The molecule has 0 unspecified atom stereocenters. The molecule has 6 heteroatoms. The van der Waals surface area contributed by atoms with Crippen molar-refractivity contribution in [3.05, 3.63) is 63.9 Å². The van der Waals surface area contributed by atoms with Crippen molar-refractivity contribution in [2.24, 2.45) is 5.10 Å². The fourth-order valence-corrected chi connectivity index (χ4v) is 1.85. The van der Waals surface area contributed by atoms with Gasteiger partial charge in [-0.3, -0.25) is 4.79 Å². The molecule has 0 aromatic heterocycles. The van der Waals surface area contributed by atoms with Crippen molar-refractivity contribution in [2.45, 2.75) is 0 Å². The number of carbonyl (C=O) groups is 1. The maximum absolute atomic E-state index is 13.4. The molecule has 0 heterocycles. The summed E-state index contributed by atoms with van der Waals surface area (Å²) < 4.78 is 14.1. The Balaban J connectivity index is 2.04. The van der Waals surface area contributed by atoms with Crippen molar-refractivity contribution in [2.75, 3.05) is 5.73 Å². The lowest BCUT2D eigenvalue weighted by molar-refractivity contribution is 0.0955. The van der Waals surface area contributed by atoms with Crippen LogP contribution in [0.2, 0.25) is 0 Å². The number of anilines is 1. The largest absolute Gasteiger partial charge is 0.399 e. The minimum atomic E-state index is -0.418. The van der Waals surface area contributed by atoms with E-state index in [-0.39, 0.29) is 5.56 Å². The molecule has 0 aliphatic rings. The quantitative estimate of drug-likeness (QED) is 0.514. The number of carbonyl (C=O) groups excluding carboxylic acids is 1. The number of amides is 1. The zero-order chi connectivity index (χ0) is 14.5. The molecule has 0 bridgehead atoms. The molecule has 0 saturated carbocycles. The summed E-state index contributed by atoms with van der Waals surface area (Å²) >= 11 is 3.23. The van der Waals surface area contributed by atoms with Crippen LogP contribution in [0.3, 0.4) is 0 Å². The first-order chi connectivity index (χ1) is 9.56. The Kier molecular flexibility index (Phi) is 4.47. The van der Waals surface area contributed by atoms with Crippen LogP contribution in [0.25, 0.3) is 0 Å². The molecule has 0 saturated heterocycles. The van der Waals surface area contributed by atoms with Crippen LogP contribution in [-0.2, 0) is 0 Å². The van der Waals surface area contributed by atoms with Crippen LogP contribution in [0, 0.1) is 5.82 Å². The number of nitrogen functional groups attached to an aromatic ring is 1. The van der Waals surface area contributed by atoms with Gasteiger partial charge in [-0.15, -0.1) is 0 Å².